The van der Waals surface area contributed by atoms with Gasteiger partial charge in [0.25, 0.3) is 0 Å². The molecule has 8 heteroatoms. The van der Waals surface area contributed by atoms with Crippen LogP contribution in [0.5, 0.6) is 5.75 Å². The highest BCUT2D eigenvalue weighted by atomic mass is 19.4. The molecule has 1 heterocycles. The number of rotatable bonds is 2. The molecule has 0 aromatic heterocycles. The maximum absolute atomic E-state index is 13.0. The van der Waals surface area contributed by atoms with Gasteiger partial charge in [-0.25, -0.2) is 0 Å². The second-order valence-electron chi connectivity index (χ2n) is 7.81. The summed E-state index contributed by atoms with van der Waals surface area (Å²) in [4.78, 5) is 12.7. The van der Waals surface area contributed by atoms with E-state index in [4.69, 9.17) is 4.74 Å². The fraction of sp³-hybridized carbons (Fsp3) is 0.348. The zero-order chi connectivity index (χ0) is 22.2. The first kappa shape index (κ1) is 21.4. The van der Waals surface area contributed by atoms with Gasteiger partial charge in [-0.15, -0.1) is 0 Å². The summed E-state index contributed by atoms with van der Waals surface area (Å²) in [5, 5.41) is 22.7. The number of ether oxygens (including phenoxy) is 1. The molecule has 5 nitrogen and oxygen atoms in total. The number of nitrogens with one attached hydrogen (secondary N) is 1. The van der Waals surface area contributed by atoms with Gasteiger partial charge in [-0.2, -0.15) is 13.2 Å². The van der Waals surface area contributed by atoms with Gasteiger partial charge >= 0.3 is 6.18 Å². The third kappa shape index (κ3) is 4.60. The van der Waals surface area contributed by atoms with E-state index in [9.17, 15) is 28.2 Å². The van der Waals surface area contributed by atoms with E-state index in [1.165, 1.54) is 12.1 Å². The average Bonchev–Trinajstić information content (AvgIpc) is 2.90. The summed E-state index contributed by atoms with van der Waals surface area (Å²) in [6.07, 6.45) is -3.26. The fourth-order valence-electron chi connectivity index (χ4n) is 4.03. The second-order valence-corrected chi connectivity index (χ2v) is 7.81. The van der Waals surface area contributed by atoms with Crippen molar-refractivity contribution in [2.45, 2.75) is 44.1 Å². The molecule has 0 fully saturated rings. The molecule has 3 N–H and O–H groups in total. The molecule has 1 aliphatic carbocycles. The molecule has 1 aliphatic heterocycles. The lowest BCUT2D eigenvalue weighted by molar-refractivity contribution is -0.137. The van der Waals surface area contributed by atoms with Crippen molar-refractivity contribution in [1.29, 1.82) is 0 Å². The van der Waals surface area contributed by atoms with Crippen molar-refractivity contribution in [2.75, 3.05) is 11.9 Å². The molecule has 0 saturated carbocycles. The Kier molecular flexibility index (Phi) is 5.77. The topological polar surface area (TPSA) is 78.8 Å². The van der Waals surface area contributed by atoms with E-state index in [-0.39, 0.29) is 18.8 Å². The van der Waals surface area contributed by atoms with Crippen molar-refractivity contribution >= 4 is 17.2 Å². The molecule has 0 saturated heterocycles. The summed E-state index contributed by atoms with van der Waals surface area (Å²) in [5.41, 5.74) is 2.44. The third-order valence-corrected chi connectivity index (χ3v) is 5.63. The van der Waals surface area contributed by atoms with Crippen LogP contribution in [0.3, 0.4) is 0 Å². The van der Waals surface area contributed by atoms with E-state index < -0.39 is 29.9 Å². The van der Waals surface area contributed by atoms with Gasteiger partial charge in [0.05, 0.1) is 24.4 Å². The number of hydrogen-bond donors (Lipinski definition) is 3. The van der Waals surface area contributed by atoms with Gasteiger partial charge in [-0.1, -0.05) is 18.2 Å². The standard InChI is InChI=1S/C23H22F3NO4/c24-23(25,26)15-6-7-16-14(4-2-8-31-21(16)11-15)10-22(30)27-18-5-1-3-13-9-19(28)20(29)12-17(13)18/h1,3,5-7,10-11,19-20,28-29H,2,4,8-9,12H2,(H,27,30)/b14-10+/t19-,20+/m1/s1. The quantitative estimate of drug-likeness (QED) is 0.631. The predicted molar refractivity (Wildman–Crippen MR) is 109 cm³/mol. The van der Waals surface area contributed by atoms with E-state index >= 15 is 0 Å². The number of alkyl halides is 3. The molecule has 2 aromatic carbocycles. The van der Waals surface area contributed by atoms with Crippen LogP contribution in [0, 0.1) is 0 Å². The molecule has 1 amide bonds. The van der Waals surface area contributed by atoms with Crippen LogP contribution in [0.1, 0.15) is 35.1 Å². The molecule has 0 radical (unpaired) electrons. The number of amides is 1. The van der Waals surface area contributed by atoms with Crippen molar-refractivity contribution in [3.8, 4) is 5.75 Å². The summed E-state index contributed by atoms with van der Waals surface area (Å²) >= 11 is 0. The van der Waals surface area contributed by atoms with E-state index in [1.807, 2.05) is 6.07 Å². The number of allylic oxidation sites excluding steroid dienone is 1. The monoisotopic (exact) mass is 433 g/mol. The SMILES string of the molecule is O=C(/C=C1\CCCOc2cc(C(F)(F)F)ccc21)Nc1cccc2c1C[C@H](O)[C@H](O)C2. The Morgan fingerprint density at radius 1 is 1.13 bits per heavy atom. The molecule has 31 heavy (non-hydrogen) atoms. The number of hydrogen-bond acceptors (Lipinski definition) is 4. The molecule has 0 bridgehead atoms. The van der Waals surface area contributed by atoms with Gasteiger partial charge in [0.1, 0.15) is 5.75 Å². The van der Waals surface area contributed by atoms with Crippen molar-refractivity contribution in [3.05, 3.63) is 64.7 Å². The Hall–Kier alpha value is -2.84. The predicted octanol–water partition coefficient (Wildman–Crippen LogP) is 3.72. The number of carbonyl (C=O) groups is 1. The first-order chi connectivity index (χ1) is 14.7. The number of fused-ring (bicyclic) bond motifs is 2. The molecule has 0 spiro atoms. The van der Waals surface area contributed by atoms with Crippen molar-refractivity contribution in [3.63, 3.8) is 0 Å². The van der Waals surface area contributed by atoms with Crippen LogP contribution in [0.2, 0.25) is 0 Å². The Morgan fingerprint density at radius 3 is 2.68 bits per heavy atom. The molecule has 2 aliphatic rings. The van der Waals surface area contributed by atoms with Gasteiger partial charge in [-0.3, -0.25) is 4.79 Å². The van der Waals surface area contributed by atoms with E-state index in [1.54, 1.807) is 12.1 Å². The van der Waals surface area contributed by atoms with Crippen molar-refractivity contribution in [1.82, 2.24) is 0 Å². The molecule has 164 valence electrons. The van der Waals surface area contributed by atoms with Crippen LogP contribution in [0.25, 0.3) is 5.57 Å². The lowest BCUT2D eigenvalue weighted by Crippen LogP contribution is -2.35. The van der Waals surface area contributed by atoms with Crippen LogP contribution >= 0.6 is 0 Å². The molecule has 2 aromatic rings. The summed E-state index contributed by atoms with van der Waals surface area (Å²) in [5.74, 6) is -0.308. The third-order valence-electron chi connectivity index (χ3n) is 5.63. The zero-order valence-electron chi connectivity index (χ0n) is 16.6. The first-order valence-corrected chi connectivity index (χ1v) is 10.1. The van der Waals surface area contributed by atoms with Gasteiger partial charge in [0, 0.05) is 30.2 Å². The van der Waals surface area contributed by atoms with Crippen LogP contribution < -0.4 is 10.1 Å². The van der Waals surface area contributed by atoms with E-state index in [0.29, 0.717) is 36.1 Å². The van der Waals surface area contributed by atoms with Crippen LogP contribution in [-0.2, 0) is 23.8 Å². The van der Waals surface area contributed by atoms with Gasteiger partial charge in [0.2, 0.25) is 5.91 Å². The maximum atomic E-state index is 13.0. The van der Waals surface area contributed by atoms with Crippen LogP contribution in [0.15, 0.2) is 42.5 Å². The maximum Gasteiger partial charge on any atom is 0.416 e. The summed E-state index contributed by atoms with van der Waals surface area (Å²) in [6, 6.07) is 8.62. The zero-order valence-corrected chi connectivity index (χ0v) is 16.6. The van der Waals surface area contributed by atoms with E-state index in [0.717, 1.165) is 23.3 Å². The molecule has 0 unspecified atom stereocenters. The minimum Gasteiger partial charge on any atom is -0.493 e. The number of carbonyl (C=O) groups excluding carboxylic acids is 1. The fourth-order valence-corrected chi connectivity index (χ4v) is 4.03. The van der Waals surface area contributed by atoms with Crippen LogP contribution in [0.4, 0.5) is 18.9 Å². The highest BCUT2D eigenvalue weighted by molar-refractivity contribution is 6.04. The summed E-state index contributed by atoms with van der Waals surface area (Å²) < 4.78 is 44.6. The number of aliphatic hydroxyl groups excluding tert-OH is 2. The molecular weight excluding hydrogens is 411 g/mol. The van der Waals surface area contributed by atoms with E-state index in [2.05, 4.69) is 5.32 Å². The number of halogens is 3. The lowest BCUT2D eigenvalue weighted by atomic mass is 9.86. The molecule has 4 rings (SSSR count). The molecule has 2 atom stereocenters. The number of anilines is 1. The van der Waals surface area contributed by atoms with Gasteiger partial charge in [0.15, 0.2) is 0 Å². The normalized spacial score (nSPS) is 22.2. The van der Waals surface area contributed by atoms with Crippen molar-refractivity contribution < 1.29 is 32.9 Å². The molecular formula is C23H22F3NO4. The van der Waals surface area contributed by atoms with Gasteiger partial charge < -0.3 is 20.3 Å². The second kappa shape index (κ2) is 8.36. The Bertz CT molecular complexity index is 1030. The minimum atomic E-state index is -4.48. The smallest absolute Gasteiger partial charge is 0.416 e. The Morgan fingerprint density at radius 2 is 1.90 bits per heavy atom. The lowest BCUT2D eigenvalue weighted by Gasteiger charge is -2.27. The largest absolute Gasteiger partial charge is 0.493 e. The Balaban J connectivity index is 1.60. The average molecular weight is 433 g/mol. The van der Waals surface area contributed by atoms with Gasteiger partial charge in [-0.05, 0) is 47.7 Å². The Labute approximate surface area is 177 Å². The van der Waals surface area contributed by atoms with Crippen LogP contribution in [-0.4, -0.2) is 34.9 Å². The highest BCUT2D eigenvalue weighted by Crippen LogP contribution is 2.38. The summed E-state index contributed by atoms with van der Waals surface area (Å²) in [6.45, 7) is 0.264. The summed E-state index contributed by atoms with van der Waals surface area (Å²) in [7, 11) is 0. The number of aliphatic hydroxyl groups is 2. The number of benzene rings is 2. The minimum absolute atomic E-state index is 0.112. The highest BCUT2D eigenvalue weighted by Gasteiger charge is 2.32. The first-order valence-electron chi connectivity index (χ1n) is 10.1. The van der Waals surface area contributed by atoms with Crippen molar-refractivity contribution in [2.24, 2.45) is 0 Å².